The second-order valence-corrected chi connectivity index (χ2v) is 7.50. The average molecular weight is 337 g/mol. The van der Waals surface area contributed by atoms with E-state index in [2.05, 4.69) is 20.8 Å². The zero-order chi connectivity index (χ0) is 17.8. The standard InChI is InChI=1S/C12H22BNO2.C2HF3O2/c1-7(14)13-15-10-6-8-5-9(11(8,2)3)12(10,4)16-13;3-2(4,5)1(6)7/h7-10H,5-6,14H2,1-4H3;(H,6,7)/t7?,8?,9?,10?,12-;/m0./s1. The van der Waals surface area contributed by atoms with Gasteiger partial charge in [-0.25, -0.2) is 4.79 Å². The number of rotatable bonds is 1. The molecule has 0 aromatic carbocycles. The molecule has 0 aromatic heterocycles. The lowest BCUT2D eigenvalue weighted by Gasteiger charge is -2.64. The molecule has 5 atom stereocenters. The Labute approximate surface area is 133 Å². The number of hydrogen-bond acceptors (Lipinski definition) is 4. The number of nitrogens with two attached hydrogens (primary N) is 1. The molecule has 4 aliphatic rings. The van der Waals surface area contributed by atoms with Gasteiger partial charge < -0.3 is 20.1 Å². The van der Waals surface area contributed by atoms with Crippen LogP contribution in [0.15, 0.2) is 0 Å². The minimum atomic E-state index is -5.08. The Bertz CT molecular complexity index is 485. The van der Waals surface area contributed by atoms with Crippen molar-refractivity contribution in [1.29, 1.82) is 0 Å². The summed E-state index contributed by atoms with van der Waals surface area (Å²) >= 11 is 0. The SMILES string of the molecule is CC(N)B1OC2CC3CC(C3(C)C)[C@]2(C)O1.O=C(O)C(F)(F)F. The first kappa shape index (κ1) is 18.5. The van der Waals surface area contributed by atoms with Gasteiger partial charge in [0.25, 0.3) is 0 Å². The van der Waals surface area contributed by atoms with Gasteiger partial charge in [0.2, 0.25) is 0 Å². The van der Waals surface area contributed by atoms with E-state index in [4.69, 9.17) is 24.9 Å². The van der Waals surface area contributed by atoms with Crippen molar-refractivity contribution in [3.05, 3.63) is 0 Å². The molecule has 2 bridgehead atoms. The predicted octanol–water partition coefficient (Wildman–Crippen LogP) is 2.23. The minimum absolute atomic E-state index is 0.0391. The average Bonchev–Trinajstić information content (AvgIpc) is 2.75. The molecule has 4 rings (SSSR count). The van der Waals surface area contributed by atoms with Gasteiger partial charge in [-0.1, -0.05) is 20.8 Å². The fraction of sp³-hybridized carbons (Fsp3) is 0.929. The smallest absolute Gasteiger partial charge is 0.475 e. The Balaban J connectivity index is 0.000000236. The van der Waals surface area contributed by atoms with E-state index in [1.807, 2.05) is 6.92 Å². The molecule has 9 heteroatoms. The molecule has 3 N–H and O–H groups in total. The summed E-state index contributed by atoms with van der Waals surface area (Å²) in [7, 11) is -0.204. The van der Waals surface area contributed by atoms with Crippen LogP contribution in [-0.4, -0.2) is 42.0 Å². The van der Waals surface area contributed by atoms with Crippen molar-refractivity contribution in [2.75, 3.05) is 0 Å². The van der Waals surface area contributed by atoms with Gasteiger partial charge in [-0.2, -0.15) is 13.2 Å². The number of aliphatic carboxylic acids is 1. The van der Waals surface area contributed by atoms with Gasteiger partial charge in [-0.05, 0) is 37.0 Å². The molecule has 0 radical (unpaired) electrons. The molecule has 0 aromatic rings. The van der Waals surface area contributed by atoms with Gasteiger partial charge in [-0.3, -0.25) is 0 Å². The molecule has 4 fully saturated rings. The van der Waals surface area contributed by atoms with Crippen molar-refractivity contribution < 1.29 is 32.4 Å². The zero-order valence-electron chi connectivity index (χ0n) is 13.7. The molecule has 4 unspecified atom stereocenters. The first-order chi connectivity index (χ1) is 10.3. The van der Waals surface area contributed by atoms with Crippen molar-refractivity contribution in [1.82, 2.24) is 0 Å². The van der Waals surface area contributed by atoms with Crippen LogP contribution in [0.25, 0.3) is 0 Å². The third-order valence-electron chi connectivity index (χ3n) is 5.64. The lowest BCUT2D eigenvalue weighted by molar-refractivity contribution is -0.199. The fourth-order valence-corrected chi connectivity index (χ4v) is 4.13. The van der Waals surface area contributed by atoms with Crippen LogP contribution in [0.3, 0.4) is 0 Å². The van der Waals surface area contributed by atoms with E-state index in [0.29, 0.717) is 11.3 Å². The van der Waals surface area contributed by atoms with Crippen molar-refractivity contribution in [2.45, 2.75) is 64.4 Å². The monoisotopic (exact) mass is 337 g/mol. The molecule has 5 nitrogen and oxygen atoms in total. The number of alkyl halides is 3. The van der Waals surface area contributed by atoms with E-state index < -0.39 is 12.1 Å². The van der Waals surface area contributed by atoms with E-state index >= 15 is 0 Å². The summed E-state index contributed by atoms with van der Waals surface area (Å²) in [6.45, 7) is 8.93. The van der Waals surface area contributed by atoms with Crippen LogP contribution in [0.5, 0.6) is 0 Å². The molecule has 23 heavy (non-hydrogen) atoms. The largest absolute Gasteiger partial charge is 0.490 e. The molecule has 0 spiro atoms. The summed E-state index contributed by atoms with van der Waals surface area (Å²) < 4.78 is 43.9. The Morgan fingerprint density at radius 2 is 1.87 bits per heavy atom. The molecule has 1 saturated heterocycles. The van der Waals surface area contributed by atoms with Gasteiger partial charge in [-0.15, -0.1) is 0 Å². The topological polar surface area (TPSA) is 81.8 Å². The summed E-state index contributed by atoms with van der Waals surface area (Å²) in [4.78, 5) is 8.90. The highest BCUT2D eigenvalue weighted by Crippen LogP contribution is 2.65. The first-order valence-corrected chi connectivity index (χ1v) is 7.69. The summed E-state index contributed by atoms with van der Waals surface area (Å²) in [5.41, 5.74) is 6.20. The first-order valence-electron chi connectivity index (χ1n) is 7.69. The second kappa shape index (κ2) is 5.63. The maximum atomic E-state index is 10.6. The van der Waals surface area contributed by atoms with E-state index in [1.165, 1.54) is 6.42 Å². The normalized spacial score (nSPS) is 38.8. The lowest BCUT2D eigenvalue weighted by atomic mass is 9.43. The molecule has 1 aliphatic heterocycles. The third kappa shape index (κ3) is 3.10. The Morgan fingerprint density at radius 1 is 1.35 bits per heavy atom. The lowest BCUT2D eigenvalue weighted by Crippen LogP contribution is -2.65. The summed E-state index contributed by atoms with van der Waals surface area (Å²) in [5.74, 6) is -1.35. The van der Waals surface area contributed by atoms with Crippen molar-refractivity contribution in [3.63, 3.8) is 0 Å². The Morgan fingerprint density at radius 3 is 2.26 bits per heavy atom. The van der Waals surface area contributed by atoms with Crippen molar-refractivity contribution in [2.24, 2.45) is 23.0 Å². The minimum Gasteiger partial charge on any atom is -0.475 e. The van der Waals surface area contributed by atoms with E-state index in [0.717, 1.165) is 12.3 Å². The van der Waals surface area contributed by atoms with Gasteiger partial charge >= 0.3 is 19.3 Å². The van der Waals surface area contributed by atoms with Crippen LogP contribution in [-0.2, 0) is 14.1 Å². The van der Waals surface area contributed by atoms with Crippen LogP contribution in [0, 0.1) is 17.3 Å². The van der Waals surface area contributed by atoms with Gasteiger partial charge in [0.05, 0.1) is 11.7 Å². The highest BCUT2D eigenvalue weighted by atomic mass is 19.4. The zero-order valence-corrected chi connectivity index (χ0v) is 13.7. The van der Waals surface area contributed by atoms with Crippen molar-refractivity contribution in [3.8, 4) is 0 Å². The predicted molar refractivity (Wildman–Crippen MR) is 77.5 cm³/mol. The molecule has 3 saturated carbocycles. The number of halogens is 3. The molecular weight excluding hydrogens is 314 g/mol. The maximum absolute atomic E-state index is 10.6. The third-order valence-corrected chi connectivity index (χ3v) is 5.64. The summed E-state index contributed by atoms with van der Waals surface area (Å²) in [5, 5.41) is 7.12. The van der Waals surface area contributed by atoms with Gasteiger partial charge in [0, 0.05) is 5.94 Å². The van der Waals surface area contributed by atoms with Crippen LogP contribution < -0.4 is 5.73 Å². The van der Waals surface area contributed by atoms with E-state index in [1.54, 1.807) is 0 Å². The molecule has 1 heterocycles. The van der Waals surface area contributed by atoms with Crippen LogP contribution in [0.1, 0.15) is 40.5 Å². The number of carboxylic acid groups (broad SMARTS) is 1. The molecule has 0 amide bonds. The molecule has 132 valence electrons. The molecule has 3 aliphatic carbocycles. The van der Waals surface area contributed by atoms with Gasteiger partial charge in [0.1, 0.15) is 0 Å². The summed E-state index contributed by atoms with van der Waals surface area (Å²) in [6.07, 6.45) is -2.38. The summed E-state index contributed by atoms with van der Waals surface area (Å²) in [6, 6.07) is 0. The fourth-order valence-electron chi connectivity index (χ4n) is 4.13. The highest BCUT2D eigenvalue weighted by molar-refractivity contribution is 6.47. The van der Waals surface area contributed by atoms with E-state index in [9.17, 15) is 13.2 Å². The van der Waals surface area contributed by atoms with Crippen LogP contribution in [0.2, 0.25) is 0 Å². The van der Waals surface area contributed by atoms with E-state index in [-0.39, 0.29) is 24.8 Å². The van der Waals surface area contributed by atoms with Crippen LogP contribution >= 0.6 is 0 Å². The second-order valence-electron chi connectivity index (χ2n) is 7.50. The number of hydrogen-bond donors (Lipinski definition) is 2. The van der Waals surface area contributed by atoms with Crippen LogP contribution in [0.4, 0.5) is 13.2 Å². The molecular formula is C14H23BF3NO4. The van der Waals surface area contributed by atoms with Gasteiger partial charge in [0.15, 0.2) is 0 Å². The Hall–Kier alpha value is -0.795. The Kier molecular flexibility index (Phi) is 4.54. The quantitative estimate of drug-likeness (QED) is 0.717. The van der Waals surface area contributed by atoms with Crippen molar-refractivity contribution >= 4 is 13.1 Å². The number of carboxylic acids is 1. The number of carbonyl (C=O) groups is 1. The maximum Gasteiger partial charge on any atom is 0.490 e. The highest BCUT2D eigenvalue weighted by Gasteiger charge is 2.68.